The van der Waals surface area contributed by atoms with Crippen molar-refractivity contribution < 1.29 is 18.5 Å². The molecule has 0 saturated carbocycles. The van der Waals surface area contributed by atoms with Crippen molar-refractivity contribution in [3.05, 3.63) is 33.9 Å². The van der Waals surface area contributed by atoms with E-state index in [2.05, 4.69) is 5.32 Å². The SMILES string of the molecule is NCCCCCCC(=O)Nc1cc([N+](=O)[O-])c(F)cc1F. The third kappa shape index (κ3) is 5.42. The van der Waals surface area contributed by atoms with Crippen LogP contribution in [0.4, 0.5) is 20.2 Å². The van der Waals surface area contributed by atoms with Crippen LogP contribution in [0.25, 0.3) is 0 Å². The topological polar surface area (TPSA) is 98.3 Å². The predicted octanol–water partition coefficient (Wildman–Crippen LogP) is 2.72. The van der Waals surface area contributed by atoms with Crippen LogP contribution in [-0.2, 0) is 4.79 Å². The van der Waals surface area contributed by atoms with Crippen LogP contribution in [-0.4, -0.2) is 17.4 Å². The highest BCUT2D eigenvalue weighted by Crippen LogP contribution is 2.25. The summed E-state index contributed by atoms with van der Waals surface area (Å²) in [7, 11) is 0. The molecule has 21 heavy (non-hydrogen) atoms. The first-order valence-corrected chi connectivity index (χ1v) is 6.59. The molecule has 0 unspecified atom stereocenters. The second kappa shape index (κ2) is 8.25. The standard InChI is InChI=1S/C13H17F2N3O3/c14-9-7-10(15)12(18(20)21)8-11(9)17-13(19)5-3-1-2-4-6-16/h7-8H,1-6,16H2,(H,17,19). The minimum atomic E-state index is -1.28. The number of rotatable bonds is 8. The molecule has 0 aliphatic heterocycles. The maximum atomic E-state index is 13.5. The van der Waals surface area contributed by atoms with Crippen LogP contribution in [0.3, 0.4) is 0 Å². The van der Waals surface area contributed by atoms with E-state index in [0.717, 1.165) is 19.3 Å². The van der Waals surface area contributed by atoms with Gasteiger partial charge in [0.1, 0.15) is 5.82 Å². The first kappa shape index (κ1) is 17.0. The third-order valence-electron chi connectivity index (χ3n) is 2.87. The molecule has 1 amide bonds. The average molecular weight is 301 g/mol. The molecule has 0 aromatic heterocycles. The van der Waals surface area contributed by atoms with Crippen molar-refractivity contribution in [1.82, 2.24) is 0 Å². The summed E-state index contributed by atoms with van der Waals surface area (Å²) in [5, 5.41) is 12.8. The minimum absolute atomic E-state index is 0.162. The first-order chi connectivity index (χ1) is 9.95. The molecule has 6 nitrogen and oxygen atoms in total. The highest BCUT2D eigenvalue weighted by molar-refractivity contribution is 5.91. The summed E-state index contributed by atoms with van der Waals surface area (Å²) in [6, 6.07) is 1.06. The molecule has 0 aliphatic carbocycles. The number of nitro benzene ring substituents is 1. The highest BCUT2D eigenvalue weighted by atomic mass is 19.1. The van der Waals surface area contributed by atoms with Crippen LogP contribution in [0.2, 0.25) is 0 Å². The van der Waals surface area contributed by atoms with E-state index in [1.165, 1.54) is 0 Å². The van der Waals surface area contributed by atoms with Crippen LogP contribution < -0.4 is 11.1 Å². The van der Waals surface area contributed by atoms with Crippen molar-refractivity contribution in [2.45, 2.75) is 32.1 Å². The number of nitrogens with zero attached hydrogens (tertiary/aromatic N) is 1. The van der Waals surface area contributed by atoms with Gasteiger partial charge in [-0.1, -0.05) is 12.8 Å². The number of nitrogens with one attached hydrogen (secondary N) is 1. The second-order valence-electron chi connectivity index (χ2n) is 4.54. The maximum absolute atomic E-state index is 13.5. The molecule has 0 radical (unpaired) electrons. The Morgan fingerprint density at radius 2 is 1.86 bits per heavy atom. The fourth-order valence-electron chi connectivity index (χ4n) is 1.77. The van der Waals surface area contributed by atoms with Crippen molar-refractivity contribution in [2.75, 3.05) is 11.9 Å². The fraction of sp³-hybridized carbons (Fsp3) is 0.462. The second-order valence-corrected chi connectivity index (χ2v) is 4.54. The van der Waals surface area contributed by atoms with Crippen molar-refractivity contribution >= 4 is 17.3 Å². The van der Waals surface area contributed by atoms with Crippen molar-refractivity contribution in [3.63, 3.8) is 0 Å². The number of nitrogens with two attached hydrogens (primary N) is 1. The summed E-state index contributed by atoms with van der Waals surface area (Å²) in [5.41, 5.74) is 4.06. The van der Waals surface area contributed by atoms with Gasteiger partial charge in [-0.3, -0.25) is 14.9 Å². The molecule has 116 valence electrons. The molecule has 3 N–H and O–H groups in total. The summed E-state index contributed by atoms with van der Waals surface area (Å²) in [4.78, 5) is 21.2. The molecule has 1 rings (SSSR count). The molecule has 0 spiro atoms. The van der Waals surface area contributed by atoms with Gasteiger partial charge in [-0.2, -0.15) is 4.39 Å². The van der Waals surface area contributed by atoms with Crippen LogP contribution in [0.5, 0.6) is 0 Å². The van der Waals surface area contributed by atoms with Gasteiger partial charge in [-0.15, -0.1) is 0 Å². The zero-order valence-electron chi connectivity index (χ0n) is 11.4. The van der Waals surface area contributed by atoms with Crippen LogP contribution in [0.15, 0.2) is 12.1 Å². The molecule has 0 fully saturated rings. The lowest BCUT2D eigenvalue weighted by Gasteiger charge is -2.07. The number of anilines is 1. The van der Waals surface area contributed by atoms with Gasteiger partial charge in [0.05, 0.1) is 10.6 Å². The number of nitro groups is 1. The molecular formula is C13H17F2N3O3. The molecule has 0 aliphatic rings. The van der Waals surface area contributed by atoms with Crippen molar-refractivity contribution in [3.8, 4) is 0 Å². The fourth-order valence-corrected chi connectivity index (χ4v) is 1.77. The number of halogens is 2. The summed E-state index contributed by atoms with van der Waals surface area (Å²) < 4.78 is 26.6. The van der Waals surface area contributed by atoms with E-state index in [-0.39, 0.29) is 6.42 Å². The van der Waals surface area contributed by atoms with E-state index in [0.29, 0.717) is 25.1 Å². The number of unbranched alkanes of at least 4 members (excludes halogenated alkanes) is 3. The number of amides is 1. The Morgan fingerprint density at radius 3 is 2.48 bits per heavy atom. The lowest BCUT2D eigenvalue weighted by atomic mass is 10.1. The molecule has 0 bridgehead atoms. The van der Waals surface area contributed by atoms with E-state index in [4.69, 9.17) is 5.73 Å². The van der Waals surface area contributed by atoms with Gasteiger partial charge in [0.2, 0.25) is 11.7 Å². The summed E-state index contributed by atoms with van der Waals surface area (Å²) in [6.45, 7) is 0.594. The van der Waals surface area contributed by atoms with E-state index >= 15 is 0 Å². The van der Waals surface area contributed by atoms with E-state index < -0.39 is 33.8 Å². The summed E-state index contributed by atoms with van der Waals surface area (Å²) in [5.74, 6) is -2.80. The molecule has 0 saturated heterocycles. The lowest BCUT2D eigenvalue weighted by Crippen LogP contribution is -2.13. The van der Waals surface area contributed by atoms with Gasteiger partial charge in [0.15, 0.2) is 0 Å². The number of carbonyl (C=O) groups is 1. The lowest BCUT2D eigenvalue weighted by molar-refractivity contribution is -0.387. The molecule has 8 heteroatoms. The number of carbonyl (C=O) groups excluding carboxylic acids is 1. The molecule has 0 atom stereocenters. The smallest absolute Gasteiger partial charge is 0.307 e. The summed E-state index contributed by atoms with van der Waals surface area (Å²) in [6.07, 6.45) is 3.36. The number of hydrogen-bond donors (Lipinski definition) is 2. The quantitative estimate of drug-likeness (QED) is 0.438. The summed E-state index contributed by atoms with van der Waals surface area (Å²) >= 11 is 0. The highest BCUT2D eigenvalue weighted by Gasteiger charge is 2.19. The zero-order chi connectivity index (χ0) is 15.8. The zero-order valence-corrected chi connectivity index (χ0v) is 11.4. The van der Waals surface area contributed by atoms with E-state index in [1.807, 2.05) is 0 Å². The monoisotopic (exact) mass is 301 g/mol. The largest absolute Gasteiger partial charge is 0.330 e. The Balaban J connectivity index is 2.59. The number of benzene rings is 1. The van der Waals surface area contributed by atoms with Crippen LogP contribution >= 0.6 is 0 Å². The Hall–Kier alpha value is -2.09. The minimum Gasteiger partial charge on any atom is -0.330 e. The Kier molecular flexibility index (Phi) is 6.67. The third-order valence-corrected chi connectivity index (χ3v) is 2.87. The normalized spacial score (nSPS) is 10.4. The Morgan fingerprint density at radius 1 is 1.19 bits per heavy atom. The number of hydrogen-bond acceptors (Lipinski definition) is 4. The van der Waals surface area contributed by atoms with Crippen molar-refractivity contribution in [1.29, 1.82) is 0 Å². The first-order valence-electron chi connectivity index (χ1n) is 6.59. The predicted molar refractivity (Wildman–Crippen MR) is 73.8 cm³/mol. The van der Waals surface area contributed by atoms with Gasteiger partial charge >= 0.3 is 5.69 Å². The van der Waals surface area contributed by atoms with Gasteiger partial charge in [-0.25, -0.2) is 4.39 Å². The van der Waals surface area contributed by atoms with E-state index in [9.17, 15) is 23.7 Å². The average Bonchev–Trinajstić information content (AvgIpc) is 2.41. The van der Waals surface area contributed by atoms with Crippen LogP contribution in [0.1, 0.15) is 32.1 Å². The van der Waals surface area contributed by atoms with Gasteiger partial charge in [-0.05, 0) is 19.4 Å². The van der Waals surface area contributed by atoms with Crippen LogP contribution in [0, 0.1) is 21.7 Å². The maximum Gasteiger partial charge on any atom is 0.307 e. The van der Waals surface area contributed by atoms with Gasteiger partial charge < -0.3 is 11.1 Å². The molecule has 1 aromatic rings. The van der Waals surface area contributed by atoms with Gasteiger partial charge in [0.25, 0.3) is 0 Å². The molecule has 1 aromatic carbocycles. The van der Waals surface area contributed by atoms with E-state index in [1.54, 1.807) is 0 Å². The Labute approximate surface area is 120 Å². The molecule has 0 heterocycles. The van der Waals surface area contributed by atoms with Crippen molar-refractivity contribution in [2.24, 2.45) is 5.73 Å². The molecular weight excluding hydrogens is 284 g/mol. The Bertz CT molecular complexity index is 524. The van der Waals surface area contributed by atoms with Gasteiger partial charge in [0, 0.05) is 18.6 Å².